The summed E-state index contributed by atoms with van der Waals surface area (Å²) in [6, 6.07) is 6.04. The van der Waals surface area contributed by atoms with Gasteiger partial charge in [-0.05, 0) is 31.0 Å². The van der Waals surface area contributed by atoms with E-state index in [1.165, 1.54) is 24.7 Å². The molecule has 1 aromatic carbocycles. The summed E-state index contributed by atoms with van der Waals surface area (Å²) in [4.78, 5) is 11.7. The molecule has 1 N–H and O–H groups in total. The van der Waals surface area contributed by atoms with Crippen LogP contribution in [0.2, 0.25) is 0 Å². The molecule has 0 unspecified atom stereocenters. The SMILES string of the molecule is Cc1[nH]c2ncc(CCn3cncn3)cc2c1-c1oncc1-c1cccc(F)c1F. The maximum absolute atomic E-state index is 14.4. The van der Waals surface area contributed by atoms with Crippen LogP contribution in [-0.2, 0) is 13.0 Å². The van der Waals surface area contributed by atoms with Crippen molar-refractivity contribution >= 4 is 11.0 Å². The van der Waals surface area contributed by atoms with Crippen molar-refractivity contribution in [2.75, 3.05) is 0 Å². The average Bonchev–Trinajstić information content (AvgIpc) is 3.47. The van der Waals surface area contributed by atoms with Crippen LogP contribution in [-0.4, -0.2) is 29.9 Å². The molecule has 5 aromatic rings. The van der Waals surface area contributed by atoms with Crippen molar-refractivity contribution in [1.82, 2.24) is 29.9 Å². The number of hydrogen-bond acceptors (Lipinski definition) is 5. The number of aryl methyl sites for hydroxylation is 3. The summed E-state index contributed by atoms with van der Waals surface area (Å²) < 4.78 is 35.4. The van der Waals surface area contributed by atoms with E-state index in [0.717, 1.165) is 28.3 Å². The first-order valence-electron chi connectivity index (χ1n) is 9.31. The normalized spacial score (nSPS) is 11.4. The first kappa shape index (κ1) is 18.2. The van der Waals surface area contributed by atoms with Gasteiger partial charge < -0.3 is 9.51 Å². The number of H-pyrrole nitrogens is 1. The zero-order valence-electron chi connectivity index (χ0n) is 15.9. The van der Waals surface area contributed by atoms with E-state index < -0.39 is 11.6 Å². The third-order valence-electron chi connectivity index (χ3n) is 5.03. The third-order valence-corrected chi connectivity index (χ3v) is 5.03. The second-order valence-electron chi connectivity index (χ2n) is 6.94. The standard InChI is InChI=1S/C21H16F2N6O/c1-12-18(20-16(9-27-30-20)14-3-2-4-17(22)19(14)23)15-7-13(8-25-21(15)28-12)5-6-29-11-24-10-26-29/h2-4,7-11H,5-6H2,1H3,(H,25,28). The van der Waals surface area contributed by atoms with E-state index in [4.69, 9.17) is 4.52 Å². The van der Waals surface area contributed by atoms with Crippen LogP contribution in [0.5, 0.6) is 0 Å². The van der Waals surface area contributed by atoms with Gasteiger partial charge in [0.1, 0.15) is 18.3 Å². The summed E-state index contributed by atoms with van der Waals surface area (Å²) in [6.07, 6.45) is 7.05. The van der Waals surface area contributed by atoms with E-state index in [0.29, 0.717) is 29.9 Å². The molecule has 5 rings (SSSR count). The van der Waals surface area contributed by atoms with E-state index in [9.17, 15) is 8.78 Å². The molecule has 0 saturated carbocycles. The van der Waals surface area contributed by atoms with E-state index >= 15 is 0 Å². The van der Waals surface area contributed by atoms with Crippen LogP contribution in [0.15, 0.2) is 53.8 Å². The Hall–Kier alpha value is -3.88. The molecule has 0 amide bonds. The van der Waals surface area contributed by atoms with Crippen LogP contribution in [0.3, 0.4) is 0 Å². The van der Waals surface area contributed by atoms with Crippen molar-refractivity contribution in [3.05, 3.63) is 72.2 Å². The minimum Gasteiger partial charge on any atom is -0.356 e. The van der Waals surface area contributed by atoms with Crippen LogP contribution in [0.1, 0.15) is 11.3 Å². The molecule has 4 heterocycles. The Labute approximate surface area is 169 Å². The van der Waals surface area contributed by atoms with Gasteiger partial charge in [-0.15, -0.1) is 0 Å². The third kappa shape index (κ3) is 3.04. The number of aromatic nitrogens is 6. The van der Waals surface area contributed by atoms with Crippen LogP contribution < -0.4 is 0 Å². The average molecular weight is 406 g/mol. The van der Waals surface area contributed by atoms with E-state index in [-0.39, 0.29) is 5.56 Å². The second kappa shape index (κ2) is 7.18. The molecular formula is C21H16F2N6O. The van der Waals surface area contributed by atoms with Crippen molar-refractivity contribution in [1.29, 1.82) is 0 Å². The summed E-state index contributed by atoms with van der Waals surface area (Å²) >= 11 is 0. The van der Waals surface area contributed by atoms with Crippen molar-refractivity contribution in [3.63, 3.8) is 0 Å². The molecule has 150 valence electrons. The smallest absolute Gasteiger partial charge is 0.177 e. The van der Waals surface area contributed by atoms with Gasteiger partial charge in [0.2, 0.25) is 0 Å². The maximum Gasteiger partial charge on any atom is 0.177 e. The van der Waals surface area contributed by atoms with Gasteiger partial charge in [0, 0.05) is 29.4 Å². The van der Waals surface area contributed by atoms with E-state index in [1.54, 1.807) is 17.2 Å². The second-order valence-corrected chi connectivity index (χ2v) is 6.94. The Kier molecular flexibility index (Phi) is 4.35. The van der Waals surface area contributed by atoms with Gasteiger partial charge in [0.25, 0.3) is 0 Å². The summed E-state index contributed by atoms with van der Waals surface area (Å²) in [5.74, 6) is -1.50. The van der Waals surface area contributed by atoms with Crippen molar-refractivity contribution < 1.29 is 13.3 Å². The zero-order valence-corrected chi connectivity index (χ0v) is 15.9. The molecular weight excluding hydrogens is 390 g/mol. The number of halogens is 2. The fourth-order valence-corrected chi connectivity index (χ4v) is 3.59. The molecule has 0 fully saturated rings. The van der Waals surface area contributed by atoms with Crippen LogP contribution in [0.4, 0.5) is 8.78 Å². The lowest BCUT2D eigenvalue weighted by atomic mass is 10.00. The Morgan fingerprint density at radius 3 is 2.90 bits per heavy atom. The number of aromatic amines is 1. The number of benzene rings is 1. The molecule has 0 bridgehead atoms. The Morgan fingerprint density at radius 2 is 2.07 bits per heavy atom. The lowest BCUT2D eigenvalue weighted by Gasteiger charge is -2.05. The molecule has 0 aliphatic rings. The molecule has 0 aliphatic heterocycles. The monoisotopic (exact) mass is 406 g/mol. The summed E-state index contributed by atoms with van der Waals surface area (Å²) in [5.41, 5.74) is 3.65. The molecule has 0 aliphatic carbocycles. The van der Waals surface area contributed by atoms with Gasteiger partial charge in [0.15, 0.2) is 17.4 Å². The highest BCUT2D eigenvalue weighted by molar-refractivity contribution is 5.98. The molecule has 30 heavy (non-hydrogen) atoms. The van der Waals surface area contributed by atoms with Crippen molar-refractivity contribution in [2.24, 2.45) is 0 Å². The van der Waals surface area contributed by atoms with Gasteiger partial charge in [-0.1, -0.05) is 17.3 Å². The Balaban J connectivity index is 1.60. The van der Waals surface area contributed by atoms with Crippen LogP contribution in [0, 0.1) is 18.6 Å². The highest BCUT2D eigenvalue weighted by atomic mass is 19.2. The largest absolute Gasteiger partial charge is 0.356 e. The van der Waals surface area contributed by atoms with Gasteiger partial charge in [-0.25, -0.2) is 18.7 Å². The number of fused-ring (bicyclic) bond motifs is 1. The predicted molar refractivity (Wildman–Crippen MR) is 105 cm³/mol. The molecule has 7 nitrogen and oxygen atoms in total. The minimum atomic E-state index is -0.939. The van der Waals surface area contributed by atoms with Crippen molar-refractivity contribution in [3.8, 4) is 22.5 Å². The summed E-state index contributed by atoms with van der Waals surface area (Å²) in [6.45, 7) is 2.54. The van der Waals surface area contributed by atoms with E-state index in [2.05, 4.69) is 25.2 Å². The summed E-state index contributed by atoms with van der Waals surface area (Å²) in [5, 5.41) is 8.77. The van der Waals surface area contributed by atoms with Crippen LogP contribution in [0.25, 0.3) is 33.5 Å². The maximum atomic E-state index is 14.4. The fourth-order valence-electron chi connectivity index (χ4n) is 3.59. The molecule has 9 heteroatoms. The van der Waals surface area contributed by atoms with Gasteiger partial charge >= 0.3 is 0 Å². The topological polar surface area (TPSA) is 85.4 Å². The molecule has 0 saturated heterocycles. The number of pyridine rings is 1. The number of hydrogen-bond donors (Lipinski definition) is 1. The minimum absolute atomic E-state index is 0.0929. The lowest BCUT2D eigenvalue weighted by Crippen LogP contribution is -2.01. The zero-order chi connectivity index (χ0) is 20.7. The van der Waals surface area contributed by atoms with Gasteiger partial charge in [-0.3, -0.25) is 4.68 Å². The first-order chi connectivity index (χ1) is 14.6. The number of nitrogens with zero attached hydrogens (tertiary/aromatic N) is 5. The van der Waals surface area contributed by atoms with Gasteiger partial charge in [-0.2, -0.15) is 5.10 Å². The molecule has 0 spiro atoms. The lowest BCUT2D eigenvalue weighted by molar-refractivity contribution is 0.432. The number of nitrogens with one attached hydrogen (secondary N) is 1. The summed E-state index contributed by atoms with van der Waals surface area (Å²) in [7, 11) is 0. The molecule has 0 atom stereocenters. The Morgan fingerprint density at radius 1 is 1.17 bits per heavy atom. The fraction of sp³-hybridized carbons (Fsp3) is 0.143. The highest BCUT2D eigenvalue weighted by Gasteiger charge is 2.23. The molecule has 4 aromatic heterocycles. The first-order valence-corrected chi connectivity index (χ1v) is 9.31. The van der Waals surface area contributed by atoms with Crippen molar-refractivity contribution in [2.45, 2.75) is 19.9 Å². The number of rotatable bonds is 5. The van der Waals surface area contributed by atoms with E-state index in [1.807, 2.05) is 13.0 Å². The quantitative estimate of drug-likeness (QED) is 0.470. The van der Waals surface area contributed by atoms with Gasteiger partial charge in [0.05, 0.1) is 17.3 Å². The highest BCUT2D eigenvalue weighted by Crippen LogP contribution is 2.39. The predicted octanol–water partition coefficient (Wildman–Crippen LogP) is 4.31. The Bertz CT molecular complexity index is 1340. The molecule has 0 radical (unpaired) electrons. The van der Waals surface area contributed by atoms with Crippen LogP contribution >= 0.6 is 0 Å².